The van der Waals surface area contributed by atoms with Crippen LogP contribution in [0.4, 0.5) is 0 Å². The second kappa shape index (κ2) is 8.04. The largest absolute Gasteiger partial charge is 0.493 e. The topological polar surface area (TPSA) is 76.1 Å². The molecule has 1 heterocycles. The number of amides is 1. The highest BCUT2D eigenvalue weighted by molar-refractivity contribution is 5.84. The Morgan fingerprint density at radius 3 is 2.58 bits per heavy atom. The predicted molar refractivity (Wildman–Crippen MR) is 89.4 cm³/mol. The molecule has 1 N–H and O–H groups in total. The third kappa shape index (κ3) is 4.19. The highest BCUT2D eigenvalue weighted by atomic mass is 16.5. The van der Waals surface area contributed by atoms with Crippen molar-refractivity contribution in [1.82, 2.24) is 4.90 Å². The molecule has 2 rings (SSSR count). The molecule has 2 atom stereocenters. The minimum atomic E-state index is -0.916. The fourth-order valence-corrected chi connectivity index (χ4v) is 3.11. The minimum Gasteiger partial charge on any atom is -0.493 e. The van der Waals surface area contributed by atoms with Gasteiger partial charge in [0.05, 0.1) is 14.2 Å². The van der Waals surface area contributed by atoms with Gasteiger partial charge in [0.1, 0.15) is 6.04 Å². The van der Waals surface area contributed by atoms with Gasteiger partial charge in [-0.05, 0) is 42.9 Å². The molecule has 0 aromatic heterocycles. The van der Waals surface area contributed by atoms with E-state index >= 15 is 0 Å². The summed E-state index contributed by atoms with van der Waals surface area (Å²) in [6.07, 6.45) is 2.20. The normalized spacial score (nSPS) is 20.5. The smallest absolute Gasteiger partial charge is 0.326 e. The van der Waals surface area contributed by atoms with Gasteiger partial charge in [-0.3, -0.25) is 4.79 Å². The summed E-state index contributed by atoms with van der Waals surface area (Å²) in [5, 5.41) is 9.36. The number of nitrogens with zero attached hydrogens (tertiary/aromatic N) is 1. The predicted octanol–water partition coefficient (Wildman–Crippen LogP) is 2.35. The Morgan fingerprint density at radius 2 is 1.96 bits per heavy atom. The maximum absolute atomic E-state index is 12.5. The van der Waals surface area contributed by atoms with E-state index in [0.717, 1.165) is 12.0 Å². The van der Waals surface area contributed by atoms with Crippen LogP contribution in [0.15, 0.2) is 18.2 Å². The molecule has 0 bridgehead atoms. The summed E-state index contributed by atoms with van der Waals surface area (Å²) in [7, 11) is 3.14. The first-order chi connectivity index (χ1) is 11.5. The molecule has 0 saturated carbocycles. The number of ether oxygens (including phenoxy) is 2. The van der Waals surface area contributed by atoms with Crippen LogP contribution in [-0.4, -0.2) is 48.7 Å². The Morgan fingerprint density at radius 1 is 1.25 bits per heavy atom. The van der Waals surface area contributed by atoms with Gasteiger partial charge in [0, 0.05) is 13.0 Å². The van der Waals surface area contributed by atoms with Gasteiger partial charge in [-0.2, -0.15) is 0 Å². The van der Waals surface area contributed by atoms with Gasteiger partial charge in [0.15, 0.2) is 11.5 Å². The number of carboxylic acid groups (broad SMARTS) is 1. The number of piperidine rings is 1. The van der Waals surface area contributed by atoms with E-state index in [1.165, 1.54) is 4.90 Å². The quantitative estimate of drug-likeness (QED) is 0.863. The van der Waals surface area contributed by atoms with Crippen molar-refractivity contribution in [3.8, 4) is 11.5 Å². The maximum Gasteiger partial charge on any atom is 0.326 e. The molecule has 1 aromatic carbocycles. The summed E-state index contributed by atoms with van der Waals surface area (Å²) in [5.41, 5.74) is 0.957. The lowest BCUT2D eigenvalue weighted by molar-refractivity contribution is -0.153. The molecular formula is C18H25NO5. The van der Waals surface area contributed by atoms with Gasteiger partial charge >= 0.3 is 5.97 Å². The summed E-state index contributed by atoms with van der Waals surface area (Å²) in [5.74, 6) is 0.576. The molecule has 1 aromatic rings. The van der Waals surface area contributed by atoms with Crippen molar-refractivity contribution in [3.05, 3.63) is 23.8 Å². The molecule has 6 heteroatoms. The number of methoxy groups -OCH3 is 2. The highest BCUT2D eigenvalue weighted by Gasteiger charge is 2.34. The average Bonchev–Trinajstić information content (AvgIpc) is 2.59. The number of benzene rings is 1. The van der Waals surface area contributed by atoms with E-state index in [-0.39, 0.29) is 12.3 Å². The summed E-state index contributed by atoms with van der Waals surface area (Å²) in [6, 6.07) is 4.84. The molecule has 0 radical (unpaired) electrons. The zero-order chi connectivity index (χ0) is 17.7. The van der Waals surface area contributed by atoms with Crippen LogP contribution in [0.25, 0.3) is 0 Å². The first-order valence-corrected chi connectivity index (χ1v) is 8.19. The Hall–Kier alpha value is -2.24. The molecule has 132 valence electrons. The van der Waals surface area contributed by atoms with Gasteiger partial charge in [-0.1, -0.05) is 13.0 Å². The van der Waals surface area contributed by atoms with Crippen molar-refractivity contribution in [2.45, 2.75) is 38.6 Å². The van der Waals surface area contributed by atoms with Crippen molar-refractivity contribution < 1.29 is 24.2 Å². The van der Waals surface area contributed by atoms with E-state index in [1.807, 2.05) is 19.1 Å². The Labute approximate surface area is 142 Å². The van der Waals surface area contributed by atoms with E-state index in [2.05, 4.69) is 0 Å². The number of rotatable bonds is 6. The molecule has 1 aliphatic rings. The van der Waals surface area contributed by atoms with Crippen molar-refractivity contribution in [2.24, 2.45) is 5.92 Å². The number of hydrogen-bond acceptors (Lipinski definition) is 4. The minimum absolute atomic E-state index is 0.107. The summed E-state index contributed by atoms with van der Waals surface area (Å²) >= 11 is 0. The fourth-order valence-electron chi connectivity index (χ4n) is 3.11. The van der Waals surface area contributed by atoms with Crippen molar-refractivity contribution in [2.75, 3.05) is 20.8 Å². The van der Waals surface area contributed by atoms with Crippen molar-refractivity contribution >= 4 is 11.9 Å². The maximum atomic E-state index is 12.5. The highest BCUT2D eigenvalue weighted by Crippen LogP contribution is 2.28. The first-order valence-electron chi connectivity index (χ1n) is 8.19. The molecule has 0 aliphatic carbocycles. The summed E-state index contributed by atoms with van der Waals surface area (Å²) in [6.45, 7) is 2.55. The molecule has 2 unspecified atom stereocenters. The number of likely N-dealkylation sites (tertiary alicyclic amines) is 1. The molecule has 1 aliphatic heterocycles. The molecular weight excluding hydrogens is 310 g/mol. The van der Waals surface area contributed by atoms with E-state index < -0.39 is 12.0 Å². The number of carbonyl (C=O) groups is 2. The number of hydrogen-bond donors (Lipinski definition) is 1. The molecule has 1 amide bonds. The van der Waals surface area contributed by atoms with Crippen LogP contribution < -0.4 is 9.47 Å². The van der Waals surface area contributed by atoms with Gasteiger partial charge in [-0.25, -0.2) is 4.79 Å². The number of aryl methyl sites for hydroxylation is 1. The average molecular weight is 335 g/mol. The lowest BCUT2D eigenvalue weighted by Crippen LogP contribution is -2.49. The molecule has 24 heavy (non-hydrogen) atoms. The van der Waals surface area contributed by atoms with E-state index in [1.54, 1.807) is 20.3 Å². The van der Waals surface area contributed by atoms with Gasteiger partial charge in [0.25, 0.3) is 0 Å². The summed E-state index contributed by atoms with van der Waals surface area (Å²) < 4.78 is 10.5. The van der Waals surface area contributed by atoms with Crippen molar-refractivity contribution in [3.63, 3.8) is 0 Å². The third-order valence-corrected chi connectivity index (χ3v) is 4.55. The van der Waals surface area contributed by atoms with Crippen LogP contribution in [0.3, 0.4) is 0 Å². The molecule has 1 saturated heterocycles. The number of aliphatic carboxylic acids is 1. The summed E-state index contributed by atoms with van der Waals surface area (Å²) in [4.78, 5) is 25.4. The Balaban J connectivity index is 2.00. The molecule has 0 spiro atoms. The second-order valence-electron chi connectivity index (χ2n) is 6.26. The molecule has 1 fully saturated rings. The Bertz CT molecular complexity index is 601. The van der Waals surface area contributed by atoms with Gasteiger partial charge in [0.2, 0.25) is 5.91 Å². The van der Waals surface area contributed by atoms with E-state index in [9.17, 15) is 14.7 Å². The van der Waals surface area contributed by atoms with Crippen LogP contribution >= 0.6 is 0 Å². The third-order valence-electron chi connectivity index (χ3n) is 4.55. The zero-order valence-corrected chi connectivity index (χ0v) is 14.4. The SMILES string of the molecule is COc1ccc(CCC(=O)N2CCC(C)CC2C(=O)O)cc1OC. The standard InChI is InChI=1S/C18H25NO5/c1-12-8-9-19(14(10-12)18(21)22)17(20)7-5-13-4-6-15(23-2)16(11-13)24-3/h4,6,11-12,14H,5,7-10H2,1-3H3,(H,21,22). The van der Waals surface area contributed by atoms with Crippen molar-refractivity contribution in [1.29, 1.82) is 0 Å². The van der Waals surface area contributed by atoms with Crippen LogP contribution in [-0.2, 0) is 16.0 Å². The first kappa shape index (κ1) is 18.1. The number of carbonyl (C=O) groups excluding carboxylic acids is 1. The number of carboxylic acids is 1. The molecule has 6 nitrogen and oxygen atoms in total. The lowest BCUT2D eigenvalue weighted by Gasteiger charge is -2.36. The van der Waals surface area contributed by atoms with Crippen LogP contribution in [0.1, 0.15) is 31.7 Å². The van der Waals surface area contributed by atoms with Crippen LogP contribution in [0.5, 0.6) is 11.5 Å². The van der Waals surface area contributed by atoms with Crippen LogP contribution in [0, 0.1) is 5.92 Å². The fraction of sp³-hybridized carbons (Fsp3) is 0.556. The zero-order valence-electron chi connectivity index (χ0n) is 14.4. The second-order valence-corrected chi connectivity index (χ2v) is 6.26. The Kier molecular flexibility index (Phi) is 6.06. The van der Waals surface area contributed by atoms with E-state index in [4.69, 9.17) is 9.47 Å². The van der Waals surface area contributed by atoms with Gasteiger partial charge < -0.3 is 19.5 Å². The van der Waals surface area contributed by atoms with E-state index in [0.29, 0.717) is 36.8 Å². The lowest BCUT2D eigenvalue weighted by atomic mass is 9.92. The monoisotopic (exact) mass is 335 g/mol. The van der Waals surface area contributed by atoms with Crippen LogP contribution in [0.2, 0.25) is 0 Å². The van der Waals surface area contributed by atoms with Gasteiger partial charge in [-0.15, -0.1) is 0 Å².